The van der Waals surface area contributed by atoms with E-state index in [0.717, 1.165) is 13.0 Å². The van der Waals surface area contributed by atoms with Crippen molar-refractivity contribution < 1.29 is 0 Å². The lowest BCUT2D eigenvalue weighted by Gasteiger charge is -2.12. The summed E-state index contributed by atoms with van der Waals surface area (Å²) in [5, 5.41) is 3.49. The summed E-state index contributed by atoms with van der Waals surface area (Å²) in [6, 6.07) is 0. The van der Waals surface area contributed by atoms with Crippen LogP contribution < -0.4 is 5.32 Å². The van der Waals surface area contributed by atoms with Crippen LogP contribution in [0.25, 0.3) is 0 Å². The lowest BCUT2D eigenvalue weighted by Crippen LogP contribution is -2.26. The summed E-state index contributed by atoms with van der Waals surface area (Å²) < 4.78 is 0.606. The zero-order chi connectivity index (χ0) is 9.03. The van der Waals surface area contributed by atoms with Gasteiger partial charge in [0, 0.05) is 11.3 Å². The highest BCUT2D eigenvalue weighted by molar-refractivity contribution is 8.00. The van der Waals surface area contributed by atoms with Crippen molar-refractivity contribution in [2.45, 2.75) is 30.9 Å². The molecular weight excluding hydrogens is 166 g/mol. The summed E-state index contributed by atoms with van der Waals surface area (Å²) in [4.78, 5) is 0. The lowest BCUT2D eigenvalue weighted by atomic mass is 10.2. The van der Waals surface area contributed by atoms with Crippen LogP contribution in [0.4, 0.5) is 0 Å². The van der Waals surface area contributed by atoms with Gasteiger partial charge in [0.05, 0.1) is 0 Å². The van der Waals surface area contributed by atoms with Gasteiger partial charge in [-0.1, -0.05) is 5.57 Å². The Labute approximate surface area is 80.0 Å². The molecule has 70 valence electrons. The highest BCUT2D eigenvalue weighted by Gasteiger charge is 2.41. The first-order valence-electron chi connectivity index (χ1n) is 4.59. The van der Waals surface area contributed by atoms with Crippen LogP contribution in [0.2, 0.25) is 0 Å². The zero-order valence-electron chi connectivity index (χ0n) is 8.15. The highest BCUT2D eigenvalue weighted by atomic mass is 32.2. The molecule has 1 rings (SSSR count). The molecule has 1 aliphatic rings. The fraction of sp³-hybridized carbons (Fsp3) is 0.800. The van der Waals surface area contributed by atoms with Gasteiger partial charge in [-0.2, -0.15) is 11.8 Å². The molecule has 2 heteroatoms. The van der Waals surface area contributed by atoms with Crippen molar-refractivity contribution in [3.05, 3.63) is 12.2 Å². The molecule has 0 aromatic carbocycles. The number of hydrogen-bond acceptors (Lipinski definition) is 2. The monoisotopic (exact) mass is 185 g/mol. The Morgan fingerprint density at radius 2 is 2.25 bits per heavy atom. The van der Waals surface area contributed by atoms with Crippen molar-refractivity contribution in [2.24, 2.45) is 0 Å². The van der Waals surface area contributed by atoms with Gasteiger partial charge in [-0.3, -0.25) is 0 Å². The normalized spacial score (nSPS) is 19.2. The molecular formula is C10H19NS. The Morgan fingerprint density at radius 3 is 2.67 bits per heavy atom. The second-order valence-corrected chi connectivity index (χ2v) is 5.05. The first kappa shape index (κ1) is 10.1. The van der Waals surface area contributed by atoms with E-state index < -0.39 is 0 Å². The van der Waals surface area contributed by atoms with Gasteiger partial charge in [0.1, 0.15) is 0 Å². The molecule has 1 fully saturated rings. The van der Waals surface area contributed by atoms with Gasteiger partial charge in [-0.05, 0) is 39.0 Å². The predicted octanol–water partition coefficient (Wildman–Crippen LogP) is 2.44. The molecule has 1 nitrogen and oxygen atoms in total. The fourth-order valence-corrected chi connectivity index (χ4v) is 1.97. The number of nitrogens with one attached hydrogen (secondary N) is 1. The number of rotatable bonds is 6. The molecule has 0 radical (unpaired) electrons. The quantitative estimate of drug-likeness (QED) is 0.504. The molecule has 0 saturated heterocycles. The molecule has 0 aromatic heterocycles. The van der Waals surface area contributed by atoms with Gasteiger partial charge in [-0.15, -0.1) is 6.58 Å². The third-order valence-electron chi connectivity index (χ3n) is 2.42. The first-order chi connectivity index (χ1) is 5.68. The van der Waals surface area contributed by atoms with Crippen LogP contribution in [0.1, 0.15) is 26.2 Å². The van der Waals surface area contributed by atoms with Crippen molar-refractivity contribution in [1.82, 2.24) is 5.32 Å². The van der Waals surface area contributed by atoms with Crippen LogP contribution in [-0.4, -0.2) is 24.1 Å². The molecule has 0 unspecified atom stereocenters. The van der Waals surface area contributed by atoms with E-state index in [0.29, 0.717) is 4.75 Å². The molecule has 0 atom stereocenters. The van der Waals surface area contributed by atoms with E-state index in [4.69, 9.17) is 0 Å². The SMILES string of the molecule is C=C(C)CCNCC1(SC)CC1. The molecule has 0 aliphatic heterocycles. The standard InChI is InChI=1S/C10H19NS/c1-9(2)4-7-11-8-10(12-3)5-6-10/h11H,1,4-8H2,2-3H3. The summed E-state index contributed by atoms with van der Waals surface area (Å²) in [7, 11) is 0. The molecule has 0 heterocycles. The smallest absolute Gasteiger partial charge is 0.0282 e. The van der Waals surface area contributed by atoms with E-state index in [1.807, 2.05) is 11.8 Å². The van der Waals surface area contributed by atoms with E-state index in [1.165, 1.54) is 25.0 Å². The maximum Gasteiger partial charge on any atom is 0.0282 e. The average Bonchev–Trinajstić information content (AvgIpc) is 2.79. The van der Waals surface area contributed by atoms with Crippen LogP contribution in [0, 0.1) is 0 Å². The third kappa shape index (κ3) is 3.20. The van der Waals surface area contributed by atoms with Gasteiger partial charge < -0.3 is 5.32 Å². The van der Waals surface area contributed by atoms with E-state index in [2.05, 4.69) is 25.1 Å². The van der Waals surface area contributed by atoms with E-state index >= 15 is 0 Å². The second-order valence-electron chi connectivity index (χ2n) is 3.77. The molecule has 12 heavy (non-hydrogen) atoms. The summed E-state index contributed by atoms with van der Waals surface area (Å²) in [5.74, 6) is 0. The molecule has 0 aromatic rings. The third-order valence-corrected chi connectivity index (χ3v) is 3.84. The fourth-order valence-electron chi connectivity index (χ4n) is 1.21. The minimum absolute atomic E-state index is 0.606. The van der Waals surface area contributed by atoms with E-state index in [1.54, 1.807) is 0 Å². The van der Waals surface area contributed by atoms with Gasteiger partial charge in [0.25, 0.3) is 0 Å². The first-order valence-corrected chi connectivity index (χ1v) is 5.81. The van der Waals surface area contributed by atoms with Crippen molar-refractivity contribution >= 4 is 11.8 Å². The van der Waals surface area contributed by atoms with Crippen LogP contribution in [0.15, 0.2) is 12.2 Å². The second kappa shape index (κ2) is 4.33. The Balaban J connectivity index is 1.99. The zero-order valence-corrected chi connectivity index (χ0v) is 8.97. The molecule has 1 saturated carbocycles. The van der Waals surface area contributed by atoms with Gasteiger partial charge in [0.2, 0.25) is 0 Å². The van der Waals surface area contributed by atoms with Gasteiger partial charge >= 0.3 is 0 Å². The van der Waals surface area contributed by atoms with Gasteiger partial charge in [0.15, 0.2) is 0 Å². The van der Waals surface area contributed by atoms with Crippen LogP contribution in [0.5, 0.6) is 0 Å². The largest absolute Gasteiger partial charge is 0.315 e. The van der Waals surface area contributed by atoms with Crippen LogP contribution in [0.3, 0.4) is 0 Å². The van der Waals surface area contributed by atoms with Crippen molar-refractivity contribution in [2.75, 3.05) is 19.3 Å². The van der Waals surface area contributed by atoms with E-state index in [-0.39, 0.29) is 0 Å². The van der Waals surface area contributed by atoms with Crippen molar-refractivity contribution in [3.63, 3.8) is 0 Å². The van der Waals surface area contributed by atoms with Crippen molar-refractivity contribution in [1.29, 1.82) is 0 Å². The summed E-state index contributed by atoms with van der Waals surface area (Å²) >= 11 is 2.01. The highest BCUT2D eigenvalue weighted by Crippen LogP contribution is 2.46. The molecule has 0 spiro atoms. The molecule has 0 bridgehead atoms. The Kier molecular flexibility index (Phi) is 3.66. The summed E-state index contributed by atoms with van der Waals surface area (Å²) in [6.45, 7) is 8.24. The maximum absolute atomic E-state index is 3.88. The summed E-state index contributed by atoms with van der Waals surface area (Å²) in [5.41, 5.74) is 1.27. The molecule has 0 amide bonds. The Morgan fingerprint density at radius 1 is 1.58 bits per heavy atom. The summed E-state index contributed by atoms with van der Waals surface area (Å²) in [6.07, 6.45) is 6.13. The predicted molar refractivity (Wildman–Crippen MR) is 57.8 cm³/mol. The minimum atomic E-state index is 0.606. The van der Waals surface area contributed by atoms with Gasteiger partial charge in [-0.25, -0.2) is 0 Å². The Bertz CT molecular complexity index is 161. The van der Waals surface area contributed by atoms with Crippen LogP contribution in [-0.2, 0) is 0 Å². The van der Waals surface area contributed by atoms with Crippen LogP contribution >= 0.6 is 11.8 Å². The molecule has 1 aliphatic carbocycles. The number of hydrogen-bond donors (Lipinski definition) is 1. The lowest BCUT2D eigenvalue weighted by molar-refractivity contribution is 0.658. The maximum atomic E-state index is 3.88. The van der Waals surface area contributed by atoms with Crippen molar-refractivity contribution in [3.8, 4) is 0 Å². The topological polar surface area (TPSA) is 12.0 Å². The average molecular weight is 185 g/mol. The minimum Gasteiger partial charge on any atom is -0.315 e. The molecule has 1 N–H and O–H groups in total. The Hall–Kier alpha value is 0.0500. The number of thioether (sulfide) groups is 1. The van der Waals surface area contributed by atoms with E-state index in [9.17, 15) is 0 Å².